The van der Waals surface area contributed by atoms with E-state index in [0.717, 1.165) is 18.4 Å². The van der Waals surface area contributed by atoms with Gasteiger partial charge in [-0.15, -0.1) is 10.1 Å². The van der Waals surface area contributed by atoms with Crippen molar-refractivity contribution in [2.24, 2.45) is 11.8 Å². The number of aliphatic hydroxyl groups excluding tert-OH is 2. The number of nitrogens with zero attached hydrogens (tertiary/aromatic N) is 1. The van der Waals surface area contributed by atoms with Crippen molar-refractivity contribution >= 4 is 11.9 Å². The van der Waals surface area contributed by atoms with E-state index < -0.39 is 29.4 Å². The van der Waals surface area contributed by atoms with Gasteiger partial charge in [-0.05, 0) is 56.6 Å². The van der Waals surface area contributed by atoms with Crippen LogP contribution in [-0.2, 0) is 39.8 Å². The Balaban J connectivity index is 1.80. The molecule has 13 nitrogen and oxygen atoms in total. The number of ether oxygens (including phenoxy) is 4. The molecule has 0 saturated heterocycles. The molecule has 1 fully saturated rings. The highest BCUT2D eigenvalue weighted by molar-refractivity contribution is 5.75. The van der Waals surface area contributed by atoms with E-state index in [1.165, 1.54) is 0 Å². The lowest BCUT2D eigenvalue weighted by molar-refractivity contribution is -0.758. The van der Waals surface area contributed by atoms with Gasteiger partial charge in [0, 0.05) is 25.3 Å². The number of carbonyl (C=O) groups excluding carboxylic acids is 2. The second kappa shape index (κ2) is 24.8. The van der Waals surface area contributed by atoms with Crippen LogP contribution in [0.25, 0.3) is 0 Å². The van der Waals surface area contributed by atoms with Gasteiger partial charge < -0.3 is 39.3 Å². The summed E-state index contributed by atoms with van der Waals surface area (Å²) in [5.41, 5.74) is 1.12. The molecule has 0 radical (unpaired) electrons. The molecule has 2 rings (SSSR count). The number of amides is 1. The zero-order valence-corrected chi connectivity index (χ0v) is 27.4. The molecule has 1 aromatic carbocycles. The van der Waals surface area contributed by atoms with Crippen molar-refractivity contribution in [3.05, 3.63) is 70.3 Å². The SMILES string of the molecule is CCNC(=O)CCCC=CC[C@@H]1[C@@H](C=C[C@H](CCc2ccccc2)OC(=O)CCOCCOCCOCCO[N+](=O)[O-])[C@H](O)C[C@@H]1O. The minimum absolute atomic E-state index is 0.0434. The average Bonchev–Trinajstić information content (AvgIpc) is 3.32. The van der Waals surface area contributed by atoms with E-state index in [4.69, 9.17) is 18.9 Å². The van der Waals surface area contributed by atoms with Crippen LogP contribution < -0.4 is 5.32 Å². The highest BCUT2D eigenvalue weighted by atomic mass is 17.0. The Bertz CT molecular complexity index is 1070. The van der Waals surface area contributed by atoms with E-state index in [1.54, 1.807) is 0 Å². The van der Waals surface area contributed by atoms with Crippen LogP contribution in [0.15, 0.2) is 54.6 Å². The lowest BCUT2D eigenvalue weighted by Gasteiger charge is -2.21. The summed E-state index contributed by atoms with van der Waals surface area (Å²) in [5, 5.41) is 33.3. The summed E-state index contributed by atoms with van der Waals surface area (Å²) in [6, 6.07) is 9.91. The molecule has 1 aliphatic carbocycles. The normalized spacial score (nSPS) is 20.1. The Labute approximate surface area is 277 Å². The van der Waals surface area contributed by atoms with Crippen molar-refractivity contribution in [3.63, 3.8) is 0 Å². The van der Waals surface area contributed by atoms with Gasteiger partial charge in [0.1, 0.15) is 12.7 Å². The topological polar surface area (TPSA) is 176 Å². The monoisotopic (exact) mass is 664 g/mol. The average molecular weight is 665 g/mol. The first-order valence-corrected chi connectivity index (χ1v) is 16.5. The van der Waals surface area contributed by atoms with Crippen LogP contribution in [0.1, 0.15) is 57.4 Å². The fourth-order valence-electron chi connectivity index (χ4n) is 5.24. The summed E-state index contributed by atoms with van der Waals surface area (Å²) < 4.78 is 21.8. The lowest BCUT2D eigenvalue weighted by atomic mass is 9.89. The summed E-state index contributed by atoms with van der Waals surface area (Å²) >= 11 is 0. The molecule has 0 unspecified atom stereocenters. The second-order valence-electron chi connectivity index (χ2n) is 11.2. The Hall–Kier alpha value is -3.36. The number of aliphatic hydroxyl groups is 2. The second-order valence-corrected chi connectivity index (χ2v) is 11.2. The summed E-state index contributed by atoms with van der Waals surface area (Å²) in [5.74, 6) is -0.817. The number of unbranched alkanes of at least 4 members (excludes halogenated alkanes) is 1. The van der Waals surface area contributed by atoms with Crippen molar-refractivity contribution in [2.45, 2.75) is 76.6 Å². The van der Waals surface area contributed by atoms with Crippen LogP contribution >= 0.6 is 0 Å². The number of esters is 1. The molecule has 0 spiro atoms. The van der Waals surface area contributed by atoms with Crippen molar-refractivity contribution in [1.82, 2.24) is 5.32 Å². The van der Waals surface area contributed by atoms with Gasteiger partial charge in [0.15, 0.2) is 0 Å². The molecule has 1 aromatic rings. The number of benzene rings is 1. The fourth-order valence-corrected chi connectivity index (χ4v) is 5.24. The van der Waals surface area contributed by atoms with Gasteiger partial charge in [-0.25, -0.2) is 0 Å². The molecule has 0 heterocycles. The Morgan fingerprint density at radius 2 is 1.66 bits per heavy atom. The third-order valence-corrected chi connectivity index (χ3v) is 7.65. The summed E-state index contributed by atoms with van der Waals surface area (Å²) in [4.78, 5) is 38.5. The molecule has 3 N–H and O–H groups in total. The predicted octanol–water partition coefficient (Wildman–Crippen LogP) is 3.35. The minimum Gasteiger partial charge on any atom is -0.458 e. The van der Waals surface area contributed by atoms with Crippen LogP contribution in [0.5, 0.6) is 0 Å². The first kappa shape index (κ1) is 39.8. The van der Waals surface area contributed by atoms with Crippen molar-refractivity contribution in [3.8, 4) is 0 Å². The molecule has 1 aliphatic rings. The number of carbonyl (C=O) groups is 2. The fraction of sp³-hybridized carbons (Fsp3) is 0.647. The van der Waals surface area contributed by atoms with E-state index in [1.807, 2.05) is 61.6 Å². The van der Waals surface area contributed by atoms with Gasteiger partial charge in [0.25, 0.3) is 5.09 Å². The van der Waals surface area contributed by atoms with Gasteiger partial charge in [-0.2, -0.15) is 0 Å². The first-order chi connectivity index (χ1) is 22.8. The molecular formula is C34H52N2O11. The third kappa shape index (κ3) is 18.5. The highest BCUT2D eigenvalue weighted by Crippen LogP contribution is 2.36. The van der Waals surface area contributed by atoms with Crippen LogP contribution in [0.4, 0.5) is 0 Å². The van der Waals surface area contributed by atoms with E-state index in [9.17, 15) is 29.9 Å². The quantitative estimate of drug-likeness (QED) is 0.0435. The lowest BCUT2D eigenvalue weighted by Crippen LogP contribution is -2.22. The number of rotatable bonds is 26. The standard InChI is InChI=1S/C34H52N2O11/c1-2-35-33(39)13-9-4-3-8-12-29-30(32(38)26-31(29)37)17-16-28(15-14-27-10-6-5-7-11-27)47-34(40)18-19-43-20-21-44-22-23-45-24-25-46-36(41)42/h3,5-8,10-11,16-17,28-32,37-38H,2,4,9,12-15,18-26H2,1H3,(H,35,39)/t28-,29+,30+,31-,32+/m0/s1. The maximum absolute atomic E-state index is 12.7. The maximum Gasteiger partial charge on any atom is 0.308 e. The van der Waals surface area contributed by atoms with Crippen LogP contribution in [0, 0.1) is 22.0 Å². The summed E-state index contributed by atoms with van der Waals surface area (Å²) in [7, 11) is 0. The molecule has 47 heavy (non-hydrogen) atoms. The van der Waals surface area contributed by atoms with Gasteiger partial charge >= 0.3 is 5.97 Å². The van der Waals surface area contributed by atoms with Crippen LogP contribution in [0.2, 0.25) is 0 Å². The molecule has 1 saturated carbocycles. The predicted molar refractivity (Wildman–Crippen MR) is 174 cm³/mol. The van der Waals surface area contributed by atoms with E-state index in [-0.39, 0.29) is 63.6 Å². The van der Waals surface area contributed by atoms with Crippen LogP contribution in [-0.4, -0.2) is 98.3 Å². The summed E-state index contributed by atoms with van der Waals surface area (Å²) in [6.45, 7) is 3.77. The number of aryl methyl sites for hydroxylation is 1. The first-order valence-electron chi connectivity index (χ1n) is 16.5. The van der Waals surface area contributed by atoms with Gasteiger partial charge in [0.2, 0.25) is 5.91 Å². The Kier molecular flexibility index (Phi) is 21.0. The number of hydrogen-bond acceptors (Lipinski definition) is 11. The minimum atomic E-state index is -0.875. The largest absolute Gasteiger partial charge is 0.458 e. The van der Waals surface area contributed by atoms with Gasteiger partial charge in [-0.3, -0.25) is 9.59 Å². The van der Waals surface area contributed by atoms with Crippen LogP contribution in [0.3, 0.4) is 0 Å². The van der Waals surface area contributed by atoms with E-state index in [0.29, 0.717) is 45.4 Å². The zero-order valence-electron chi connectivity index (χ0n) is 27.4. The number of allylic oxidation sites excluding steroid dienone is 2. The van der Waals surface area contributed by atoms with Gasteiger partial charge in [-0.1, -0.05) is 48.6 Å². The molecule has 13 heteroatoms. The highest BCUT2D eigenvalue weighted by Gasteiger charge is 2.39. The van der Waals surface area contributed by atoms with E-state index >= 15 is 0 Å². The van der Waals surface area contributed by atoms with E-state index in [2.05, 4.69) is 10.2 Å². The Morgan fingerprint density at radius 3 is 2.34 bits per heavy atom. The summed E-state index contributed by atoms with van der Waals surface area (Å²) in [6.07, 6.45) is 10.1. The number of hydrogen-bond donors (Lipinski definition) is 3. The number of nitrogens with one attached hydrogen (secondary N) is 1. The van der Waals surface area contributed by atoms with Crippen molar-refractivity contribution in [1.29, 1.82) is 0 Å². The molecule has 264 valence electrons. The molecule has 0 aliphatic heterocycles. The molecular weight excluding hydrogens is 612 g/mol. The molecule has 1 amide bonds. The maximum atomic E-state index is 12.7. The zero-order chi connectivity index (χ0) is 34.1. The molecule has 0 aromatic heterocycles. The molecule has 0 bridgehead atoms. The van der Waals surface area contributed by atoms with Gasteiger partial charge in [0.05, 0.1) is 58.3 Å². The van der Waals surface area contributed by atoms with Crippen molar-refractivity contribution in [2.75, 3.05) is 52.8 Å². The smallest absolute Gasteiger partial charge is 0.308 e. The Morgan fingerprint density at radius 1 is 0.979 bits per heavy atom. The third-order valence-electron chi connectivity index (χ3n) is 7.65. The van der Waals surface area contributed by atoms with Crippen molar-refractivity contribution < 1.29 is 48.7 Å². The molecule has 5 atom stereocenters.